The molecule has 2 N–H and O–H groups in total. The third-order valence-electron chi connectivity index (χ3n) is 7.14. The Balaban J connectivity index is 1.51. The Morgan fingerprint density at radius 2 is 1.85 bits per heavy atom. The highest BCUT2D eigenvalue weighted by Gasteiger charge is 2.28. The van der Waals surface area contributed by atoms with Crippen LogP contribution in [0.5, 0.6) is 0 Å². The van der Waals surface area contributed by atoms with Crippen LogP contribution in [0.3, 0.4) is 0 Å². The molecule has 14 heteroatoms. The van der Waals surface area contributed by atoms with E-state index in [2.05, 4.69) is 25.2 Å². The van der Waals surface area contributed by atoms with Gasteiger partial charge in [0, 0.05) is 68.0 Å². The average molecular weight is 576 g/mol. The molecule has 0 aliphatic carbocycles. The van der Waals surface area contributed by atoms with Crippen LogP contribution in [0.4, 0.5) is 30.1 Å². The van der Waals surface area contributed by atoms with E-state index in [0.29, 0.717) is 56.6 Å². The molecule has 212 valence electrons. The van der Waals surface area contributed by atoms with Gasteiger partial charge in [-0.05, 0) is 32.6 Å². The molecule has 1 unspecified atom stereocenters. The van der Waals surface area contributed by atoms with Gasteiger partial charge in [-0.2, -0.15) is 8.39 Å². The molecule has 3 aromatic rings. The van der Waals surface area contributed by atoms with Crippen molar-refractivity contribution in [2.45, 2.75) is 12.5 Å². The van der Waals surface area contributed by atoms with Crippen molar-refractivity contribution in [3.8, 4) is 11.1 Å². The summed E-state index contributed by atoms with van der Waals surface area (Å²) < 4.78 is 48.3. The first-order valence-electron chi connectivity index (χ1n) is 12.8. The summed E-state index contributed by atoms with van der Waals surface area (Å²) in [5, 5.41) is 2.07. The van der Waals surface area contributed by atoms with Crippen LogP contribution in [0.25, 0.3) is 11.1 Å². The molecule has 0 spiro atoms. The third kappa shape index (κ3) is 5.96. The predicted molar refractivity (Wildman–Crippen MR) is 149 cm³/mol. The summed E-state index contributed by atoms with van der Waals surface area (Å²) >= 11 is 0. The number of amides is 1. The maximum atomic E-state index is 15.6. The number of nitrogens with zero attached hydrogens (tertiary/aromatic N) is 5. The first kappa shape index (κ1) is 28.0. The van der Waals surface area contributed by atoms with Crippen molar-refractivity contribution in [3.63, 3.8) is 0 Å². The molecule has 0 saturated carbocycles. The molecule has 1 aromatic carbocycles. The van der Waals surface area contributed by atoms with E-state index in [1.807, 2.05) is 23.9 Å². The van der Waals surface area contributed by atoms with E-state index >= 15 is 4.39 Å². The zero-order valence-corrected chi connectivity index (χ0v) is 22.9. The first-order valence-corrected chi connectivity index (χ1v) is 13.9. The Bertz CT molecular complexity index is 1430. The van der Waals surface area contributed by atoms with Gasteiger partial charge in [-0.25, -0.2) is 14.4 Å². The van der Waals surface area contributed by atoms with E-state index in [-0.39, 0.29) is 22.9 Å². The number of halogens is 3. The molecular formula is C26H29F3N7O3P. The topological polar surface area (TPSA) is 107 Å². The lowest BCUT2D eigenvalue weighted by atomic mass is 10.1. The van der Waals surface area contributed by atoms with Gasteiger partial charge in [0.05, 0.1) is 35.5 Å². The average Bonchev–Trinajstić information content (AvgIpc) is 3.45. The quantitative estimate of drug-likeness (QED) is 0.414. The SMILES string of the molecule is CN(C)C1CCN(c2cc(F)c(-c3cnc(N4CCOCC4)nc3)cc2NC(=O)c2c[nH]c(=O)cc2P(F)F)C1. The highest BCUT2D eigenvalue weighted by Crippen LogP contribution is 2.39. The Hall–Kier alpha value is -3.54. The number of aromatic nitrogens is 3. The summed E-state index contributed by atoms with van der Waals surface area (Å²) in [6, 6.07) is 3.76. The number of hydrogen-bond acceptors (Lipinski definition) is 8. The monoisotopic (exact) mass is 575 g/mol. The molecular weight excluding hydrogens is 546 g/mol. The summed E-state index contributed by atoms with van der Waals surface area (Å²) in [5.41, 5.74) is 0.140. The van der Waals surface area contributed by atoms with Gasteiger partial charge in [-0.15, -0.1) is 0 Å². The molecule has 2 aliphatic rings. The van der Waals surface area contributed by atoms with Crippen molar-refractivity contribution in [2.75, 3.05) is 68.6 Å². The van der Waals surface area contributed by atoms with Crippen molar-refractivity contribution in [1.29, 1.82) is 0 Å². The van der Waals surface area contributed by atoms with Crippen LogP contribution in [0.2, 0.25) is 0 Å². The minimum absolute atomic E-state index is 0.149. The summed E-state index contributed by atoms with van der Waals surface area (Å²) in [4.78, 5) is 41.9. The molecule has 2 fully saturated rings. The van der Waals surface area contributed by atoms with E-state index in [1.54, 1.807) is 0 Å². The van der Waals surface area contributed by atoms with Gasteiger partial charge in [0.15, 0.2) is 0 Å². The van der Waals surface area contributed by atoms with E-state index < -0.39 is 31.1 Å². The number of carbonyl (C=O) groups is 1. The lowest BCUT2D eigenvalue weighted by molar-refractivity contribution is 0.102. The number of rotatable bonds is 7. The second-order valence-corrected chi connectivity index (χ2v) is 10.8. The number of likely N-dealkylation sites (N-methyl/N-ethyl adjacent to an activating group) is 1. The normalized spacial score (nSPS) is 17.6. The standard InChI is InChI=1S/C26H29F3N7O3P/c1-34(2)17-3-4-36(15-17)22-10-20(27)18(16-12-31-26(32-13-16)35-5-7-39-8-6-35)9-21(22)33-25(38)19-14-30-24(37)11-23(19)40(28)29/h9-14,17H,3-8,15H2,1-2H3,(H,30,37)(H,33,38). The van der Waals surface area contributed by atoms with Crippen molar-refractivity contribution in [3.05, 3.63) is 58.5 Å². The second-order valence-electron chi connectivity index (χ2n) is 9.86. The number of pyridine rings is 1. The van der Waals surface area contributed by atoms with Gasteiger partial charge < -0.3 is 29.7 Å². The fourth-order valence-corrected chi connectivity index (χ4v) is 5.45. The van der Waals surface area contributed by atoms with E-state index in [4.69, 9.17) is 4.74 Å². The highest BCUT2D eigenvalue weighted by atomic mass is 31.2. The van der Waals surface area contributed by atoms with Gasteiger partial charge in [0.1, 0.15) is 5.82 Å². The second kappa shape index (κ2) is 11.9. The number of hydrogen-bond donors (Lipinski definition) is 2. The van der Waals surface area contributed by atoms with Crippen molar-refractivity contribution in [2.24, 2.45) is 0 Å². The van der Waals surface area contributed by atoms with Crippen LogP contribution >= 0.6 is 8.54 Å². The Labute approximate surface area is 230 Å². The van der Waals surface area contributed by atoms with E-state index in [1.165, 1.54) is 24.5 Å². The van der Waals surface area contributed by atoms with Gasteiger partial charge in [-0.3, -0.25) is 9.59 Å². The van der Waals surface area contributed by atoms with Gasteiger partial charge >= 0.3 is 0 Å². The number of nitrogens with one attached hydrogen (secondary N) is 2. The summed E-state index contributed by atoms with van der Waals surface area (Å²) in [5.74, 6) is -0.871. The van der Waals surface area contributed by atoms with Crippen molar-refractivity contribution >= 4 is 37.1 Å². The van der Waals surface area contributed by atoms with Crippen LogP contribution in [0.1, 0.15) is 16.8 Å². The molecule has 2 aromatic heterocycles. The first-order chi connectivity index (χ1) is 19.2. The summed E-state index contributed by atoms with van der Waals surface area (Å²) in [7, 11) is 0.216. The smallest absolute Gasteiger partial charge is 0.299 e. The molecule has 2 saturated heterocycles. The molecule has 10 nitrogen and oxygen atoms in total. The van der Waals surface area contributed by atoms with Gasteiger partial charge in [-0.1, -0.05) is 0 Å². The van der Waals surface area contributed by atoms with Crippen LogP contribution in [0.15, 0.2) is 41.6 Å². The Kier molecular flexibility index (Phi) is 8.34. The molecule has 0 radical (unpaired) electrons. The predicted octanol–water partition coefficient (Wildman–Crippen LogP) is 3.08. The lowest BCUT2D eigenvalue weighted by Crippen LogP contribution is -2.37. The maximum absolute atomic E-state index is 15.6. The number of H-pyrrole nitrogens is 1. The largest absolute Gasteiger partial charge is 0.378 e. The number of anilines is 3. The van der Waals surface area contributed by atoms with Crippen molar-refractivity contribution < 1.29 is 22.3 Å². The lowest BCUT2D eigenvalue weighted by Gasteiger charge is -2.26. The zero-order valence-electron chi connectivity index (χ0n) is 22.0. The summed E-state index contributed by atoms with van der Waals surface area (Å²) in [6.07, 6.45) is 4.83. The van der Waals surface area contributed by atoms with Crippen LogP contribution < -0.4 is 26.0 Å². The highest BCUT2D eigenvalue weighted by molar-refractivity contribution is 7.55. The molecule has 2 aliphatic heterocycles. The zero-order chi connectivity index (χ0) is 28.4. The van der Waals surface area contributed by atoms with E-state index in [9.17, 15) is 18.0 Å². The Morgan fingerprint density at radius 3 is 2.50 bits per heavy atom. The fourth-order valence-electron chi connectivity index (χ4n) is 4.89. The molecule has 0 bridgehead atoms. The number of carbonyl (C=O) groups excluding carboxylic acids is 1. The molecule has 4 heterocycles. The number of ether oxygens (including phenoxy) is 1. The van der Waals surface area contributed by atoms with Gasteiger partial charge in [0.25, 0.3) is 14.5 Å². The number of aromatic amines is 1. The Morgan fingerprint density at radius 1 is 1.12 bits per heavy atom. The molecule has 40 heavy (non-hydrogen) atoms. The fraction of sp³-hybridized carbons (Fsp3) is 0.385. The number of benzene rings is 1. The maximum Gasteiger partial charge on any atom is 0.299 e. The minimum atomic E-state index is -3.71. The molecule has 5 rings (SSSR count). The van der Waals surface area contributed by atoms with Crippen molar-refractivity contribution in [1.82, 2.24) is 19.9 Å². The summed E-state index contributed by atoms with van der Waals surface area (Å²) in [6.45, 7) is 3.64. The van der Waals surface area contributed by atoms with Crippen LogP contribution in [0, 0.1) is 5.82 Å². The van der Waals surface area contributed by atoms with Gasteiger partial charge in [0.2, 0.25) is 11.5 Å². The molecule has 1 atom stereocenters. The number of morpholine rings is 1. The molecule has 1 amide bonds. The van der Waals surface area contributed by atoms with Crippen LogP contribution in [-0.2, 0) is 4.74 Å². The van der Waals surface area contributed by atoms with E-state index in [0.717, 1.165) is 18.7 Å². The third-order valence-corrected chi connectivity index (χ3v) is 7.87. The minimum Gasteiger partial charge on any atom is -0.378 e. The van der Waals surface area contributed by atoms with Crippen LogP contribution in [-0.4, -0.2) is 85.3 Å².